The largest absolute Gasteiger partial charge is 0.423 e. The number of hydrogen-bond acceptors (Lipinski definition) is 6. The smallest absolute Gasteiger partial charge is 0.296 e. The van der Waals surface area contributed by atoms with Crippen LogP contribution >= 0.6 is 0 Å². The summed E-state index contributed by atoms with van der Waals surface area (Å²) in [5.74, 6) is 0. The summed E-state index contributed by atoms with van der Waals surface area (Å²) < 4.78 is 5.58. The lowest BCUT2D eigenvalue weighted by Crippen LogP contribution is -2.45. The number of fused-ring (bicyclic) bond motifs is 1. The molecular formula is C13H16N4O3. The summed E-state index contributed by atoms with van der Waals surface area (Å²) in [6.07, 6.45) is 1.96. The maximum Gasteiger partial charge on any atom is 0.296 e. The van der Waals surface area contributed by atoms with Gasteiger partial charge in [0, 0.05) is 11.6 Å². The minimum absolute atomic E-state index is 0.00766. The van der Waals surface area contributed by atoms with Gasteiger partial charge in [0.05, 0.1) is 11.0 Å². The summed E-state index contributed by atoms with van der Waals surface area (Å²) in [6, 6.07) is 4.86. The molecule has 7 nitrogen and oxygen atoms in total. The summed E-state index contributed by atoms with van der Waals surface area (Å²) in [5, 5.41) is 17.4. The van der Waals surface area contributed by atoms with Crippen LogP contribution in [0.1, 0.15) is 19.8 Å². The molecule has 0 unspecified atom stereocenters. The van der Waals surface area contributed by atoms with E-state index in [0.29, 0.717) is 17.1 Å². The van der Waals surface area contributed by atoms with E-state index in [2.05, 4.69) is 22.5 Å². The van der Waals surface area contributed by atoms with Crippen LogP contribution in [0.3, 0.4) is 0 Å². The van der Waals surface area contributed by atoms with Crippen LogP contribution in [-0.4, -0.2) is 28.5 Å². The van der Waals surface area contributed by atoms with Crippen molar-refractivity contribution in [2.75, 3.05) is 18.4 Å². The Balaban J connectivity index is 1.87. The molecule has 1 aliphatic rings. The lowest BCUT2D eigenvalue weighted by Gasteiger charge is -2.34. The second-order valence-electron chi connectivity index (χ2n) is 5.36. The zero-order valence-electron chi connectivity index (χ0n) is 11.2. The van der Waals surface area contributed by atoms with Gasteiger partial charge in [-0.1, -0.05) is 0 Å². The third-order valence-electron chi connectivity index (χ3n) is 3.70. The number of oxazole rings is 1. The topological polar surface area (TPSA) is 93.2 Å². The predicted molar refractivity (Wildman–Crippen MR) is 74.8 cm³/mol. The van der Waals surface area contributed by atoms with Gasteiger partial charge < -0.3 is 15.1 Å². The summed E-state index contributed by atoms with van der Waals surface area (Å²) in [7, 11) is 0. The Hall–Kier alpha value is -2.15. The summed E-state index contributed by atoms with van der Waals surface area (Å²) in [5.41, 5.74) is 1.00. The van der Waals surface area contributed by atoms with Gasteiger partial charge in [0.1, 0.15) is 5.52 Å². The number of aromatic nitrogens is 1. The molecule has 0 aliphatic carbocycles. The number of hydrogen-bond donors (Lipinski definition) is 2. The van der Waals surface area contributed by atoms with Crippen molar-refractivity contribution in [2.45, 2.75) is 25.3 Å². The van der Waals surface area contributed by atoms with Crippen molar-refractivity contribution in [3.63, 3.8) is 0 Å². The van der Waals surface area contributed by atoms with Crippen molar-refractivity contribution in [1.82, 2.24) is 10.3 Å². The first-order valence-electron chi connectivity index (χ1n) is 6.60. The van der Waals surface area contributed by atoms with Crippen LogP contribution in [0.15, 0.2) is 22.6 Å². The van der Waals surface area contributed by atoms with Crippen LogP contribution in [-0.2, 0) is 0 Å². The van der Waals surface area contributed by atoms with E-state index in [4.69, 9.17) is 4.42 Å². The quantitative estimate of drug-likeness (QED) is 0.660. The second kappa shape index (κ2) is 4.75. The normalized spacial score (nSPS) is 18.1. The molecule has 0 bridgehead atoms. The molecule has 0 radical (unpaired) electrons. The van der Waals surface area contributed by atoms with Crippen LogP contribution in [0.5, 0.6) is 0 Å². The van der Waals surface area contributed by atoms with Crippen LogP contribution in [0.2, 0.25) is 0 Å². The SMILES string of the molecule is CC1(Nc2nc3ccc([N+](=O)[O-])cc3o2)CCNCC1. The maximum atomic E-state index is 10.7. The zero-order chi connectivity index (χ0) is 14.2. The fourth-order valence-electron chi connectivity index (χ4n) is 2.44. The van der Waals surface area contributed by atoms with E-state index < -0.39 is 4.92 Å². The van der Waals surface area contributed by atoms with E-state index in [1.807, 2.05) is 0 Å². The van der Waals surface area contributed by atoms with Gasteiger partial charge in [0.25, 0.3) is 11.7 Å². The first kappa shape index (κ1) is 12.9. The Morgan fingerprint density at radius 1 is 1.45 bits per heavy atom. The van der Waals surface area contributed by atoms with Gasteiger partial charge in [-0.15, -0.1) is 0 Å². The number of nitrogens with one attached hydrogen (secondary N) is 2. The van der Waals surface area contributed by atoms with Crippen molar-refractivity contribution in [2.24, 2.45) is 0 Å². The van der Waals surface area contributed by atoms with Crippen molar-refractivity contribution < 1.29 is 9.34 Å². The molecule has 2 heterocycles. The van der Waals surface area contributed by atoms with Gasteiger partial charge >= 0.3 is 0 Å². The summed E-state index contributed by atoms with van der Waals surface area (Å²) in [4.78, 5) is 14.6. The fraction of sp³-hybridized carbons (Fsp3) is 0.462. The molecule has 0 saturated carbocycles. The van der Waals surface area contributed by atoms with Crippen molar-refractivity contribution in [1.29, 1.82) is 0 Å². The van der Waals surface area contributed by atoms with E-state index in [0.717, 1.165) is 25.9 Å². The average molecular weight is 276 g/mol. The van der Waals surface area contributed by atoms with E-state index in [-0.39, 0.29) is 11.2 Å². The highest BCUT2D eigenvalue weighted by Gasteiger charge is 2.28. The standard InChI is InChI=1S/C13H16N4O3/c1-13(4-6-14-7-5-13)16-12-15-10-3-2-9(17(18)19)8-11(10)20-12/h2-3,8,14H,4-7H2,1H3,(H,15,16). The molecule has 7 heteroatoms. The summed E-state index contributed by atoms with van der Waals surface area (Å²) >= 11 is 0. The van der Waals surface area contributed by atoms with Crippen LogP contribution in [0.4, 0.5) is 11.7 Å². The van der Waals surface area contributed by atoms with Gasteiger partial charge in [0.2, 0.25) is 0 Å². The monoisotopic (exact) mass is 276 g/mol. The number of nitro groups is 1. The maximum absolute atomic E-state index is 10.7. The molecule has 3 rings (SSSR count). The molecule has 1 aromatic carbocycles. The van der Waals surface area contributed by atoms with Crippen LogP contribution in [0, 0.1) is 10.1 Å². The Labute approximate surface area is 115 Å². The Kier molecular flexibility index (Phi) is 3.06. The fourth-order valence-corrected chi connectivity index (χ4v) is 2.44. The number of piperidine rings is 1. The molecule has 2 N–H and O–H groups in total. The van der Waals surface area contributed by atoms with Gasteiger partial charge in [-0.2, -0.15) is 4.98 Å². The number of anilines is 1. The molecule has 1 aromatic heterocycles. The minimum atomic E-state index is -0.441. The van der Waals surface area contributed by atoms with E-state index in [1.54, 1.807) is 6.07 Å². The first-order valence-corrected chi connectivity index (χ1v) is 6.60. The van der Waals surface area contributed by atoms with E-state index in [1.165, 1.54) is 12.1 Å². The van der Waals surface area contributed by atoms with Crippen molar-refractivity contribution in [3.8, 4) is 0 Å². The Morgan fingerprint density at radius 3 is 2.90 bits per heavy atom. The lowest BCUT2D eigenvalue weighted by molar-refractivity contribution is -0.384. The third-order valence-corrected chi connectivity index (χ3v) is 3.70. The number of benzene rings is 1. The van der Waals surface area contributed by atoms with E-state index in [9.17, 15) is 10.1 Å². The molecule has 1 fully saturated rings. The number of non-ortho nitro benzene ring substituents is 1. The molecule has 1 saturated heterocycles. The molecule has 0 atom stereocenters. The number of nitro benzene ring substituents is 1. The average Bonchev–Trinajstić information content (AvgIpc) is 2.79. The summed E-state index contributed by atoms with van der Waals surface area (Å²) in [6.45, 7) is 4.04. The molecule has 20 heavy (non-hydrogen) atoms. The van der Waals surface area contributed by atoms with Crippen molar-refractivity contribution >= 4 is 22.8 Å². The molecule has 1 aliphatic heterocycles. The molecule has 2 aromatic rings. The van der Waals surface area contributed by atoms with Crippen LogP contribution in [0.25, 0.3) is 11.1 Å². The Morgan fingerprint density at radius 2 is 2.20 bits per heavy atom. The molecular weight excluding hydrogens is 260 g/mol. The zero-order valence-corrected chi connectivity index (χ0v) is 11.2. The van der Waals surface area contributed by atoms with Crippen LogP contribution < -0.4 is 10.6 Å². The molecule has 106 valence electrons. The highest BCUT2D eigenvalue weighted by molar-refractivity contribution is 5.77. The van der Waals surface area contributed by atoms with Gasteiger partial charge in [-0.05, 0) is 38.9 Å². The van der Waals surface area contributed by atoms with Gasteiger partial charge in [-0.25, -0.2) is 0 Å². The van der Waals surface area contributed by atoms with Crippen molar-refractivity contribution in [3.05, 3.63) is 28.3 Å². The minimum Gasteiger partial charge on any atom is -0.423 e. The molecule has 0 spiro atoms. The highest BCUT2D eigenvalue weighted by atomic mass is 16.6. The van der Waals surface area contributed by atoms with Gasteiger partial charge in [-0.3, -0.25) is 10.1 Å². The lowest BCUT2D eigenvalue weighted by atomic mass is 9.91. The van der Waals surface area contributed by atoms with Gasteiger partial charge in [0.15, 0.2) is 5.58 Å². The van der Waals surface area contributed by atoms with E-state index >= 15 is 0 Å². The third kappa shape index (κ3) is 2.44. The molecule has 0 amide bonds. The second-order valence-corrected chi connectivity index (χ2v) is 5.36. The highest BCUT2D eigenvalue weighted by Crippen LogP contribution is 2.27. The Bertz CT molecular complexity index is 646. The predicted octanol–water partition coefficient (Wildman–Crippen LogP) is 2.29. The number of nitrogens with zero attached hydrogens (tertiary/aromatic N) is 2. The first-order chi connectivity index (χ1) is 9.56. The number of rotatable bonds is 3.